The molecule has 6 heteroatoms. The van der Waals surface area contributed by atoms with Crippen LogP contribution in [0.3, 0.4) is 0 Å². The minimum atomic E-state index is -0.0470. The lowest BCUT2D eigenvalue weighted by Gasteiger charge is -2.16. The topological polar surface area (TPSA) is 68.5 Å². The summed E-state index contributed by atoms with van der Waals surface area (Å²) in [5, 5.41) is 7.97. The molecule has 6 nitrogen and oxygen atoms in total. The summed E-state index contributed by atoms with van der Waals surface area (Å²) < 4.78 is 11.2. The maximum atomic E-state index is 12.5. The van der Waals surface area contributed by atoms with Crippen LogP contribution < -0.4 is 4.74 Å². The molecule has 2 aromatic rings. The number of furan rings is 1. The van der Waals surface area contributed by atoms with Gasteiger partial charge in [-0.05, 0) is 32.9 Å². The van der Waals surface area contributed by atoms with E-state index < -0.39 is 0 Å². The van der Waals surface area contributed by atoms with Crippen LogP contribution in [0.4, 0.5) is 0 Å². The van der Waals surface area contributed by atoms with Crippen molar-refractivity contribution in [1.82, 2.24) is 15.1 Å². The van der Waals surface area contributed by atoms with Crippen LogP contribution in [0.25, 0.3) is 0 Å². The summed E-state index contributed by atoms with van der Waals surface area (Å²) >= 11 is 0. The number of amides is 1. The molecular weight excluding hydrogens is 282 g/mol. The van der Waals surface area contributed by atoms with Gasteiger partial charge in [-0.3, -0.25) is 4.79 Å². The highest BCUT2D eigenvalue weighted by molar-refractivity contribution is 5.95. The summed E-state index contributed by atoms with van der Waals surface area (Å²) in [6, 6.07) is 5.45. The zero-order valence-corrected chi connectivity index (χ0v) is 13.0. The molecule has 0 radical (unpaired) electrons. The lowest BCUT2D eigenvalue weighted by Crippen LogP contribution is -2.31. The highest BCUT2D eigenvalue weighted by atomic mass is 16.5. The number of nitrogens with zero attached hydrogens (tertiary/aromatic N) is 3. The molecule has 1 aliphatic heterocycles. The summed E-state index contributed by atoms with van der Waals surface area (Å²) in [6.07, 6.45) is 0.742. The Bertz CT molecular complexity index is 678. The molecule has 0 saturated carbocycles. The van der Waals surface area contributed by atoms with Crippen LogP contribution in [0.2, 0.25) is 0 Å². The molecule has 0 N–H and O–H groups in total. The van der Waals surface area contributed by atoms with Gasteiger partial charge in [0.15, 0.2) is 0 Å². The minimum absolute atomic E-state index is 0.00422. The second-order valence-electron chi connectivity index (χ2n) is 5.62. The molecular formula is C16H19N3O3. The third kappa shape index (κ3) is 2.95. The first-order chi connectivity index (χ1) is 10.5. The Hall–Kier alpha value is -2.37. The molecule has 2 aromatic heterocycles. The van der Waals surface area contributed by atoms with Crippen molar-refractivity contribution in [1.29, 1.82) is 0 Å². The second kappa shape index (κ2) is 5.79. The molecule has 22 heavy (non-hydrogen) atoms. The van der Waals surface area contributed by atoms with Gasteiger partial charge < -0.3 is 14.1 Å². The minimum Gasteiger partial charge on any atom is -0.471 e. The second-order valence-corrected chi connectivity index (χ2v) is 5.62. The summed E-state index contributed by atoms with van der Waals surface area (Å²) in [7, 11) is 0. The molecule has 0 spiro atoms. The fraction of sp³-hybridized carbons (Fsp3) is 0.438. The van der Waals surface area contributed by atoms with Gasteiger partial charge in [-0.2, -0.15) is 5.10 Å². The molecule has 3 rings (SSSR count). The predicted octanol–water partition coefficient (Wildman–Crippen LogP) is 2.29. The highest BCUT2D eigenvalue weighted by Crippen LogP contribution is 2.21. The Morgan fingerprint density at radius 3 is 2.77 bits per heavy atom. The third-order valence-electron chi connectivity index (χ3n) is 3.76. The van der Waals surface area contributed by atoms with E-state index in [1.807, 2.05) is 26.8 Å². The number of hydrogen-bond donors (Lipinski definition) is 0. The fourth-order valence-electron chi connectivity index (χ4n) is 2.64. The van der Waals surface area contributed by atoms with Gasteiger partial charge in [0.2, 0.25) is 5.88 Å². The van der Waals surface area contributed by atoms with Crippen molar-refractivity contribution >= 4 is 5.91 Å². The Morgan fingerprint density at radius 2 is 2.14 bits per heavy atom. The normalized spacial score (nSPS) is 17.8. The smallest absolute Gasteiger partial charge is 0.257 e. The number of aromatic nitrogens is 2. The number of likely N-dealkylation sites (tertiary alicyclic amines) is 1. The van der Waals surface area contributed by atoms with Crippen molar-refractivity contribution in [3.63, 3.8) is 0 Å². The van der Waals surface area contributed by atoms with Gasteiger partial charge in [0.1, 0.15) is 17.6 Å². The van der Waals surface area contributed by atoms with Crippen LogP contribution >= 0.6 is 0 Å². The van der Waals surface area contributed by atoms with Crippen molar-refractivity contribution in [2.45, 2.75) is 33.3 Å². The SMILES string of the molecule is Cc1ccc(OC2CCN(C(=O)c3cc(C)oc3C)C2)nn1. The number of aryl methyl sites for hydroxylation is 3. The van der Waals surface area contributed by atoms with Crippen LogP contribution in [0.5, 0.6) is 5.88 Å². The van der Waals surface area contributed by atoms with Crippen molar-refractivity contribution in [3.8, 4) is 5.88 Å². The van der Waals surface area contributed by atoms with E-state index >= 15 is 0 Å². The van der Waals surface area contributed by atoms with Crippen molar-refractivity contribution in [2.24, 2.45) is 0 Å². The van der Waals surface area contributed by atoms with Crippen molar-refractivity contribution in [3.05, 3.63) is 41.0 Å². The Morgan fingerprint density at radius 1 is 1.32 bits per heavy atom. The molecule has 3 heterocycles. The van der Waals surface area contributed by atoms with Gasteiger partial charge in [-0.15, -0.1) is 5.10 Å². The van der Waals surface area contributed by atoms with Crippen LogP contribution in [-0.2, 0) is 0 Å². The van der Waals surface area contributed by atoms with Gasteiger partial charge >= 0.3 is 0 Å². The lowest BCUT2D eigenvalue weighted by molar-refractivity contribution is 0.0769. The first kappa shape index (κ1) is 14.6. The standard InChI is InChI=1S/C16H19N3O3/c1-10-4-5-15(18-17-10)22-13-6-7-19(9-13)16(20)14-8-11(2)21-12(14)3/h4-5,8,13H,6-7,9H2,1-3H3. The first-order valence-corrected chi connectivity index (χ1v) is 7.36. The number of rotatable bonds is 3. The molecule has 1 unspecified atom stereocenters. The van der Waals surface area contributed by atoms with E-state index in [2.05, 4.69) is 10.2 Å². The van der Waals surface area contributed by atoms with Gasteiger partial charge in [-0.1, -0.05) is 0 Å². The maximum absolute atomic E-state index is 12.5. The van der Waals surface area contributed by atoms with E-state index in [9.17, 15) is 4.79 Å². The van der Waals surface area contributed by atoms with E-state index in [-0.39, 0.29) is 12.0 Å². The summed E-state index contributed by atoms with van der Waals surface area (Å²) in [6.45, 7) is 6.76. The first-order valence-electron chi connectivity index (χ1n) is 7.36. The molecule has 1 saturated heterocycles. The maximum Gasteiger partial charge on any atom is 0.257 e. The van der Waals surface area contributed by atoms with E-state index in [1.54, 1.807) is 17.0 Å². The molecule has 0 aromatic carbocycles. The molecule has 116 valence electrons. The number of carbonyl (C=O) groups excluding carboxylic acids is 1. The monoisotopic (exact) mass is 301 g/mol. The predicted molar refractivity (Wildman–Crippen MR) is 79.9 cm³/mol. The average Bonchev–Trinajstić information content (AvgIpc) is 3.07. The third-order valence-corrected chi connectivity index (χ3v) is 3.76. The Labute approximate surface area is 129 Å². The molecule has 1 atom stereocenters. The van der Waals surface area contributed by atoms with Gasteiger partial charge in [0, 0.05) is 19.0 Å². The summed E-state index contributed by atoms with van der Waals surface area (Å²) in [5.41, 5.74) is 1.48. The molecule has 0 bridgehead atoms. The molecule has 1 fully saturated rings. The van der Waals surface area contributed by atoms with Gasteiger partial charge in [-0.25, -0.2) is 0 Å². The van der Waals surface area contributed by atoms with E-state index in [0.29, 0.717) is 30.3 Å². The quantitative estimate of drug-likeness (QED) is 0.870. The van der Waals surface area contributed by atoms with Crippen LogP contribution in [0, 0.1) is 20.8 Å². The van der Waals surface area contributed by atoms with Crippen LogP contribution in [0.1, 0.15) is 34.0 Å². The number of hydrogen-bond acceptors (Lipinski definition) is 5. The average molecular weight is 301 g/mol. The summed E-state index contributed by atoms with van der Waals surface area (Å²) in [5.74, 6) is 1.91. The molecule has 0 aliphatic carbocycles. The number of carbonyl (C=O) groups is 1. The van der Waals surface area contributed by atoms with E-state index in [1.165, 1.54) is 0 Å². The van der Waals surface area contributed by atoms with Gasteiger partial charge in [0.25, 0.3) is 5.91 Å². The molecule has 1 aliphatic rings. The number of ether oxygens (including phenoxy) is 1. The summed E-state index contributed by atoms with van der Waals surface area (Å²) in [4.78, 5) is 14.3. The van der Waals surface area contributed by atoms with E-state index in [4.69, 9.17) is 9.15 Å². The van der Waals surface area contributed by atoms with Crippen molar-refractivity contribution < 1.29 is 13.9 Å². The zero-order valence-electron chi connectivity index (χ0n) is 13.0. The van der Waals surface area contributed by atoms with Gasteiger partial charge in [0.05, 0.1) is 17.8 Å². The zero-order chi connectivity index (χ0) is 15.7. The largest absolute Gasteiger partial charge is 0.471 e. The van der Waals surface area contributed by atoms with E-state index in [0.717, 1.165) is 17.9 Å². The Balaban J connectivity index is 1.63. The lowest BCUT2D eigenvalue weighted by atomic mass is 10.2. The van der Waals surface area contributed by atoms with Crippen LogP contribution in [-0.4, -0.2) is 40.2 Å². The van der Waals surface area contributed by atoms with Crippen molar-refractivity contribution in [2.75, 3.05) is 13.1 Å². The van der Waals surface area contributed by atoms with Crippen LogP contribution in [0.15, 0.2) is 22.6 Å². The fourth-order valence-corrected chi connectivity index (χ4v) is 2.64. The highest BCUT2D eigenvalue weighted by Gasteiger charge is 2.30. The Kier molecular flexibility index (Phi) is 3.83. The molecule has 1 amide bonds.